The predicted octanol–water partition coefficient (Wildman–Crippen LogP) is 1.94. The number of carbonyl (C=O) groups is 2. The Kier molecular flexibility index (Phi) is 7.75. The SMILES string of the molecule is CCOC(=O)C1=C(CN2CCOCC2)N(CC)C(=O)NC1c1ccc(OC)c(OC)c1. The zero-order valence-electron chi connectivity index (χ0n) is 18.6. The number of morpholine rings is 1. The van der Waals surface area contributed by atoms with Crippen LogP contribution in [-0.2, 0) is 14.3 Å². The molecule has 2 aliphatic rings. The van der Waals surface area contributed by atoms with E-state index in [1.807, 2.05) is 13.0 Å². The van der Waals surface area contributed by atoms with Crippen LogP contribution in [0.25, 0.3) is 0 Å². The smallest absolute Gasteiger partial charge is 0.338 e. The highest BCUT2D eigenvalue weighted by Gasteiger charge is 2.38. The summed E-state index contributed by atoms with van der Waals surface area (Å²) in [5.41, 5.74) is 1.80. The Balaban J connectivity index is 2.10. The molecule has 1 N–H and O–H groups in total. The van der Waals surface area contributed by atoms with Crippen LogP contribution in [-0.4, -0.2) is 82.0 Å². The van der Waals surface area contributed by atoms with Crippen molar-refractivity contribution in [2.75, 3.05) is 60.2 Å². The Bertz CT molecular complexity index is 835. The third-order valence-corrected chi connectivity index (χ3v) is 5.47. The second kappa shape index (κ2) is 10.5. The number of rotatable bonds is 8. The number of hydrogen-bond acceptors (Lipinski definition) is 7. The quantitative estimate of drug-likeness (QED) is 0.627. The van der Waals surface area contributed by atoms with Gasteiger partial charge in [-0.3, -0.25) is 9.80 Å². The standard InChI is InChI=1S/C22H31N3O6/c1-5-25-16(14-24-9-11-30-12-10-24)19(21(26)31-6-2)20(23-22(25)27)15-7-8-17(28-3)18(13-15)29-4/h7-8,13,20H,5-6,9-12,14H2,1-4H3,(H,23,27). The predicted molar refractivity (Wildman–Crippen MR) is 114 cm³/mol. The van der Waals surface area contributed by atoms with E-state index in [0.717, 1.165) is 13.1 Å². The van der Waals surface area contributed by atoms with E-state index >= 15 is 0 Å². The molecule has 1 atom stereocenters. The minimum atomic E-state index is -0.662. The molecule has 0 spiro atoms. The molecule has 2 aliphatic heterocycles. The lowest BCUT2D eigenvalue weighted by molar-refractivity contribution is -0.139. The molecular weight excluding hydrogens is 402 g/mol. The first-order chi connectivity index (χ1) is 15.0. The summed E-state index contributed by atoms with van der Waals surface area (Å²) in [6.07, 6.45) is 0. The number of hydrogen-bond donors (Lipinski definition) is 1. The zero-order valence-corrected chi connectivity index (χ0v) is 18.6. The minimum Gasteiger partial charge on any atom is -0.493 e. The first-order valence-corrected chi connectivity index (χ1v) is 10.5. The third kappa shape index (κ3) is 4.94. The number of nitrogens with one attached hydrogen (secondary N) is 1. The van der Waals surface area contributed by atoms with E-state index < -0.39 is 12.0 Å². The van der Waals surface area contributed by atoms with Gasteiger partial charge in [0.05, 0.1) is 45.7 Å². The molecule has 0 aliphatic carbocycles. The molecule has 2 amide bonds. The summed E-state index contributed by atoms with van der Waals surface area (Å²) in [5, 5.41) is 2.97. The van der Waals surface area contributed by atoms with E-state index in [9.17, 15) is 9.59 Å². The lowest BCUT2D eigenvalue weighted by Crippen LogP contribution is -2.51. The summed E-state index contributed by atoms with van der Waals surface area (Å²) in [4.78, 5) is 29.9. The monoisotopic (exact) mass is 433 g/mol. The summed E-state index contributed by atoms with van der Waals surface area (Å²) in [6, 6.07) is 4.44. The molecule has 1 aromatic rings. The van der Waals surface area contributed by atoms with Crippen LogP contribution in [0.1, 0.15) is 25.5 Å². The van der Waals surface area contributed by atoms with Gasteiger partial charge in [0, 0.05) is 31.9 Å². The second-order valence-corrected chi connectivity index (χ2v) is 7.21. The number of benzene rings is 1. The lowest BCUT2D eigenvalue weighted by atomic mass is 9.93. The average Bonchev–Trinajstić information content (AvgIpc) is 2.79. The largest absolute Gasteiger partial charge is 0.493 e. The second-order valence-electron chi connectivity index (χ2n) is 7.21. The van der Waals surface area contributed by atoms with Crippen LogP contribution in [0.2, 0.25) is 0 Å². The van der Waals surface area contributed by atoms with Crippen LogP contribution in [0.5, 0.6) is 11.5 Å². The first kappa shape index (κ1) is 22.9. The van der Waals surface area contributed by atoms with Crippen molar-refractivity contribution in [2.45, 2.75) is 19.9 Å². The number of ether oxygens (including phenoxy) is 4. The van der Waals surface area contributed by atoms with Crippen molar-refractivity contribution in [1.82, 2.24) is 15.1 Å². The molecule has 0 saturated carbocycles. The van der Waals surface area contributed by atoms with Gasteiger partial charge in [0.25, 0.3) is 0 Å². The van der Waals surface area contributed by atoms with Crippen molar-refractivity contribution in [1.29, 1.82) is 0 Å². The topological polar surface area (TPSA) is 89.6 Å². The maximum atomic E-state index is 13.1. The fraction of sp³-hybridized carbons (Fsp3) is 0.545. The Morgan fingerprint density at radius 3 is 2.48 bits per heavy atom. The van der Waals surface area contributed by atoms with Gasteiger partial charge in [0.2, 0.25) is 0 Å². The highest BCUT2D eigenvalue weighted by atomic mass is 16.5. The fourth-order valence-electron chi connectivity index (χ4n) is 3.91. The van der Waals surface area contributed by atoms with Gasteiger partial charge in [0.15, 0.2) is 11.5 Å². The van der Waals surface area contributed by atoms with Gasteiger partial charge in [-0.25, -0.2) is 9.59 Å². The molecule has 31 heavy (non-hydrogen) atoms. The molecule has 9 nitrogen and oxygen atoms in total. The van der Waals surface area contributed by atoms with Gasteiger partial charge < -0.3 is 24.3 Å². The molecule has 0 aromatic heterocycles. The first-order valence-electron chi connectivity index (χ1n) is 10.5. The number of esters is 1. The molecule has 2 heterocycles. The van der Waals surface area contributed by atoms with Crippen molar-refractivity contribution in [3.63, 3.8) is 0 Å². The van der Waals surface area contributed by atoms with E-state index in [1.54, 1.807) is 38.2 Å². The fourth-order valence-corrected chi connectivity index (χ4v) is 3.91. The van der Waals surface area contributed by atoms with Crippen LogP contribution in [0.15, 0.2) is 29.5 Å². The zero-order chi connectivity index (χ0) is 22.4. The third-order valence-electron chi connectivity index (χ3n) is 5.47. The molecule has 1 saturated heterocycles. The van der Waals surface area contributed by atoms with Crippen LogP contribution >= 0.6 is 0 Å². The van der Waals surface area contributed by atoms with Crippen molar-refractivity contribution >= 4 is 12.0 Å². The van der Waals surface area contributed by atoms with Gasteiger partial charge >= 0.3 is 12.0 Å². The molecule has 9 heteroatoms. The summed E-state index contributed by atoms with van der Waals surface area (Å²) in [5.74, 6) is 0.646. The maximum absolute atomic E-state index is 13.1. The van der Waals surface area contributed by atoms with Crippen LogP contribution in [0, 0.1) is 0 Å². The molecule has 1 fully saturated rings. The Morgan fingerprint density at radius 1 is 1.16 bits per heavy atom. The highest BCUT2D eigenvalue weighted by molar-refractivity contribution is 5.95. The number of carbonyl (C=O) groups excluding carboxylic acids is 2. The molecular formula is C22H31N3O6. The number of amides is 2. The highest BCUT2D eigenvalue weighted by Crippen LogP contribution is 2.36. The van der Waals surface area contributed by atoms with Gasteiger partial charge in [-0.2, -0.15) is 0 Å². The van der Waals surface area contributed by atoms with Crippen LogP contribution in [0.3, 0.4) is 0 Å². The van der Waals surface area contributed by atoms with E-state index in [1.165, 1.54) is 0 Å². The van der Waals surface area contributed by atoms with Crippen molar-refractivity contribution < 1.29 is 28.5 Å². The van der Waals surface area contributed by atoms with E-state index in [2.05, 4.69) is 10.2 Å². The van der Waals surface area contributed by atoms with Gasteiger partial charge in [-0.1, -0.05) is 6.07 Å². The molecule has 0 bridgehead atoms. The summed E-state index contributed by atoms with van der Waals surface area (Å²) in [6.45, 7) is 7.52. The molecule has 1 unspecified atom stereocenters. The van der Waals surface area contributed by atoms with Crippen molar-refractivity contribution in [2.24, 2.45) is 0 Å². The molecule has 3 rings (SSSR count). The van der Waals surface area contributed by atoms with E-state index in [4.69, 9.17) is 18.9 Å². The van der Waals surface area contributed by atoms with Crippen molar-refractivity contribution in [3.05, 3.63) is 35.0 Å². The maximum Gasteiger partial charge on any atom is 0.338 e. The molecule has 0 radical (unpaired) electrons. The summed E-state index contributed by atoms with van der Waals surface area (Å²) in [7, 11) is 3.11. The molecule has 170 valence electrons. The van der Waals surface area contributed by atoms with Gasteiger partial charge in [-0.05, 0) is 31.5 Å². The Labute approximate surface area is 182 Å². The Morgan fingerprint density at radius 2 is 1.87 bits per heavy atom. The number of nitrogens with zero attached hydrogens (tertiary/aromatic N) is 2. The van der Waals surface area contributed by atoms with Gasteiger partial charge in [0.1, 0.15) is 0 Å². The number of likely N-dealkylation sites (N-methyl/N-ethyl adjacent to an activating group) is 1. The van der Waals surface area contributed by atoms with Crippen LogP contribution < -0.4 is 14.8 Å². The number of urea groups is 1. The Hall–Kier alpha value is -2.78. The normalized spacial score (nSPS) is 19.8. The van der Waals surface area contributed by atoms with E-state index in [0.29, 0.717) is 54.6 Å². The molecule has 1 aromatic carbocycles. The summed E-state index contributed by atoms with van der Waals surface area (Å²) < 4.78 is 21.6. The average molecular weight is 434 g/mol. The number of methoxy groups -OCH3 is 2. The lowest BCUT2D eigenvalue weighted by Gasteiger charge is -2.38. The van der Waals surface area contributed by atoms with E-state index in [-0.39, 0.29) is 12.6 Å². The van der Waals surface area contributed by atoms with Crippen molar-refractivity contribution in [3.8, 4) is 11.5 Å². The summed E-state index contributed by atoms with van der Waals surface area (Å²) >= 11 is 0. The minimum absolute atomic E-state index is 0.242. The van der Waals surface area contributed by atoms with Crippen LogP contribution in [0.4, 0.5) is 4.79 Å². The van der Waals surface area contributed by atoms with Gasteiger partial charge in [-0.15, -0.1) is 0 Å².